The molecule has 1 aromatic heterocycles. The molecule has 3 N–H and O–H groups in total. The Kier molecular flexibility index (Phi) is 5.45. The fraction of sp³-hybridized carbons (Fsp3) is 0.286. The van der Waals surface area contributed by atoms with Gasteiger partial charge in [-0.1, -0.05) is 50.8 Å². The Labute approximate surface area is 145 Å². The van der Waals surface area contributed by atoms with Gasteiger partial charge in [-0.3, -0.25) is 4.98 Å². The highest BCUT2D eigenvalue weighted by atomic mass is 14.9. The number of pyridine rings is 1. The van der Waals surface area contributed by atoms with Crippen LogP contribution in [0.1, 0.15) is 48.6 Å². The van der Waals surface area contributed by atoms with E-state index in [2.05, 4.69) is 63.5 Å². The van der Waals surface area contributed by atoms with Crippen molar-refractivity contribution in [1.82, 2.24) is 4.98 Å². The summed E-state index contributed by atoms with van der Waals surface area (Å²) < 4.78 is 0. The van der Waals surface area contributed by atoms with Crippen molar-refractivity contribution in [3.63, 3.8) is 0 Å². The first-order valence-electron chi connectivity index (χ1n) is 8.34. The molecule has 24 heavy (non-hydrogen) atoms. The molecule has 0 fully saturated rings. The summed E-state index contributed by atoms with van der Waals surface area (Å²) in [6.45, 7) is 16.2. The lowest BCUT2D eigenvalue weighted by Gasteiger charge is -2.24. The monoisotopic (exact) mass is 321 g/mol. The van der Waals surface area contributed by atoms with E-state index in [9.17, 15) is 0 Å². The fourth-order valence-corrected chi connectivity index (χ4v) is 3.06. The highest BCUT2D eigenvalue weighted by Gasteiger charge is 2.22. The molecule has 0 aliphatic rings. The summed E-state index contributed by atoms with van der Waals surface area (Å²) in [5.41, 5.74) is 13.8. The molecule has 0 amide bonds. The van der Waals surface area contributed by atoms with E-state index in [4.69, 9.17) is 10.7 Å². The van der Waals surface area contributed by atoms with E-state index < -0.39 is 0 Å². The molecule has 126 valence electrons. The van der Waals surface area contributed by atoms with Gasteiger partial charge in [-0.15, -0.1) is 0 Å². The van der Waals surface area contributed by atoms with Crippen molar-refractivity contribution in [3.05, 3.63) is 66.0 Å². The number of rotatable bonds is 6. The lowest BCUT2D eigenvalue weighted by atomic mass is 9.88. The molecule has 0 bridgehead atoms. The van der Waals surface area contributed by atoms with Crippen LogP contribution in [0, 0.1) is 13.8 Å². The summed E-state index contributed by atoms with van der Waals surface area (Å²) in [5, 5.41) is 3.29. The van der Waals surface area contributed by atoms with Gasteiger partial charge in [0.15, 0.2) is 0 Å². The van der Waals surface area contributed by atoms with Crippen molar-refractivity contribution >= 4 is 11.4 Å². The zero-order chi connectivity index (χ0) is 17.9. The maximum absolute atomic E-state index is 6.06. The van der Waals surface area contributed by atoms with E-state index in [-0.39, 0.29) is 0 Å². The quantitative estimate of drug-likeness (QED) is 0.752. The molecule has 1 aromatic carbocycles. The molecule has 1 heterocycles. The van der Waals surface area contributed by atoms with Gasteiger partial charge in [0.1, 0.15) is 0 Å². The summed E-state index contributed by atoms with van der Waals surface area (Å²) in [6.07, 6.45) is 2.69. The maximum Gasteiger partial charge on any atom is 0.0761 e. The van der Waals surface area contributed by atoms with E-state index in [1.165, 1.54) is 5.56 Å². The van der Waals surface area contributed by atoms with E-state index in [1.54, 1.807) is 6.20 Å². The molecule has 0 saturated carbocycles. The minimum absolute atomic E-state index is 0.328. The van der Waals surface area contributed by atoms with Crippen molar-refractivity contribution in [3.8, 4) is 11.3 Å². The molecule has 2 aromatic rings. The van der Waals surface area contributed by atoms with Gasteiger partial charge in [-0.05, 0) is 38.5 Å². The second kappa shape index (κ2) is 7.35. The largest absolute Gasteiger partial charge is 0.399 e. The summed E-state index contributed by atoms with van der Waals surface area (Å²) in [5.74, 6) is 0.328. The van der Waals surface area contributed by atoms with E-state index in [0.29, 0.717) is 11.6 Å². The Hall–Kier alpha value is -2.55. The van der Waals surface area contributed by atoms with Crippen molar-refractivity contribution in [2.24, 2.45) is 5.73 Å². The van der Waals surface area contributed by atoms with Crippen LogP contribution in [0.25, 0.3) is 17.0 Å². The van der Waals surface area contributed by atoms with Crippen LogP contribution in [0.15, 0.2) is 43.6 Å². The Bertz CT molecular complexity index is 775. The number of hydrogen-bond acceptors (Lipinski definition) is 3. The molecular weight excluding hydrogens is 294 g/mol. The average molecular weight is 321 g/mol. The van der Waals surface area contributed by atoms with Gasteiger partial charge in [-0.2, -0.15) is 0 Å². The molecule has 1 atom stereocenters. The van der Waals surface area contributed by atoms with Crippen LogP contribution in [-0.4, -0.2) is 4.98 Å². The SMILES string of the molecule is C=CNc1c(C(=C)N)c(C)nc(-c2cccc(C)c2)c1C(C)CC. The first kappa shape index (κ1) is 17.8. The van der Waals surface area contributed by atoms with Gasteiger partial charge in [0.05, 0.1) is 11.4 Å². The third kappa shape index (κ3) is 3.35. The number of anilines is 1. The summed E-state index contributed by atoms with van der Waals surface area (Å²) >= 11 is 0. The van der Waals surface area contributed by atoms with Crippen LogP contribution in [-0.2, 0) is 0 Å². The molecule has 2 rings (SSSR count). The van der Waals surface area contributed by atoms with Gasteiger partial charge in [-0.25, -0.2) is 0 Å². The van der Waals surface area contributed by atoms with Crippen molar-refractivity contribution in [1.29, 1.82) is 0 Å². The zero-order valence-corrected chi connectivity index (χ0v) is 15.1. The fourth-order valence-electron chi connectivity index (χ4n) is 3.06. The second-order valence-electron chi connectivity index (χ2n) is 6.26. The van der Waals surface area contributed by atoms with Gasteiger partial charge in [0, 0.05) is 28.1 Å². The van der Waals surface area contributed by atoms with Crippen LogP contribution < -0.4 is 11.1 Å². The number of nitrogens with zero attached hydrogens (tertiary/aromatic N) is 1. The Morgan fingerprint density at radius 2 is 2.08 bits per heavy atom. The zero-order valence-electron chi connectivity index (χ0n) is 15.1. The van der Waals surface area contributed by atoms with E-state index in [1.807, 2.05) is 6.92 Å². The standard InChI is InChI=1S/C21H27N3/c1-7-14(4)18-20(17-11-9-10-13(3)12-17)24-16(6)19(15(5)22)21(18)23-8-2/h8-12,14H,2,5,7,22H2,1,3-4,6H3,(H,23,24). The molecule has 3 nitrogen and oxygen atoms in total. The predicted octanol–water partition coefficient (Wildman–Crippen LogP) is 5.36. The highest BCUT2D eigenvalue weighted by Crippen LogP contribution is 2.40. The van der Waals surface area contributed by atoms with Crippen molar-refractivity contribution in [2.45, 2.75) is 40.0 Å². The molecular formula is C21H27N3. The van der Waals surface area contributed by atoms with Crippen molar-refractivity contribution < 1.29 is 0 Å². The normalized spacial score (nSPS) is 11.8. The average Bonchev–Trinajstić information content (AvgIpc) is 2.53. The van der Waals surface area contributed by atoms with E-state index in [0.717, 1.165) is 40.2 Å². The van der Waals surface area contributed by atoms with Crippen LogP contribution in [0.5, 0.6) is 0 Å². The smallest absolute Gasteiger partial charge is 0.0761 e. The van der Waals surface area contributed by atoms with Crippen LogP contribution in [0.4, 0.5) is 5.69 Å². The maximum atomic E-state index is 6.06. The molecule has 0 spiro atoms. The predicted molar refractivity (Wildman–Crippen MR) is 105 cm³/mol. The summed E-state index contributed by atoms with van der Waals surface area (Å²) in [7, 11) is 0. The lowest BCUT2D eigenvalue weighted by Crippen LogP contribution is -2.11. The minimum Gasteiger partial charge on any atom is -0.399 e. The number of aryl methyl sites for hydroxylation is 2. The van der Waals surface area contributed by atoms with Gasteiger partial charge in [0.25, 0.3) is 0 Å². The summed E-state index contributed by atoms with van der Waals surface area (Å²) in [6, 6.07) is 8.44. The number of nitrogens with one attached hydrogen (secondary N) is 1. The molecule has 0 aliphatic carbocycles. The molecule has 0 saturated heterocycles. The molecule has 1 unspecified atom stereocenters. The second-order valence-corrected chi connectivity index (χ2v) is 6.26. The molecule has 0 aliphatic heterocycles. The molecule has 3 heteroatoms. The first-order chi connectivity index (χ1) is 11.4. The lowest BCUT2D eigenvalue weighted by molar-refractivity contribution is 0.732. The third-order valence-electron chi connectivity index (χ3n) is 4.38. The topological polar surface area (TPSA) is 50.9 Å². The first-order valence-corrected chi connectivity index (χ1v) is 8.34. The Balaban J connectivity index is 2.88. The van der Waals surface area contributed by atoms with Crippen molar-refractivity contribution in [2.75, 3.05) is 5.32 Å². The third-order valence-corrected chi connectivity index (χ3v) is 4.38. The minimum atomic E-state index is 0.328. The number of nitrogens with two attached hydrogens (primary N) is 1. The number of hydrogen-bond donors (Lipinski definition) is 2. The summed E-state index contributed by atoms with van der Waals surface area (Å²) in [4.78, 5) is 4.90. The van der Waals surface area contributed by atoms with Gasteiger partial charge < -0.3 is 11.1 Å². The van der Waals surface area contributed by atoms with Crippen LogP contribution >= 0.6 is 0 Å². The van der Waals surface area contributed by atoms with Crippen LogP contribution in [0.2, 0.25) is 0 Å². The van der Waals surface area contributed by atoms with E-state index >= 15 is 0 Å². The Morgan fingerprint density at radius 1 is 1.38 bits per heavy atom. The van der Waals surface area contributed by atoms with Gasteiger partial charge >= 0.3 is 0 Å². The Morgan fingerprint density at radius 3 is 2.62 bits per heavy atom. The highest BCUT2D eigenvalue weighted by molar-refractivity contribution is 5.83. The molecule has 0 radical (unpaired) electrons. The van der Waals surface area contributed by atoms with Crippen LogP contribution in [0.3, 0.4) is 0 Å². The number of aromatic nitrogens is 1. The number of benzene rings is 1. The van der Waals surface area contributed by atoms with Gasteiger partial charge in [0.2, 0.25) is 0 Å².